The molecule has 1 amide bonds. The number of carbonyl (C=O) groups is 2. The van der Waals surface area contributed by atoms with Crippen LogP contribution in [-0.4, -0.2) is 93.7 Å². The first-order valence-corrected chi connectivity index (χ1v) is 12.9. The number of halogens is 4. The van der Waals surface area contributed by atoms with Crippen molar-refractivity contribution < 1.29 is 32.6 Å². The van der Waals surface area contributed by atoms with Crippen molar-refractivity contribution in [3.8, 4) is 0 Å². The van der Waals surface area contributed by atoms with Crippen molar-refractivity contribution in [1.29, 1.82) is 0 Å². The number of hydrogen-bond acceptors (Lipinski definition) is 8. The first kappa shape index (κ1) is 30.4. The zero-order valence-electron chi connectivity index (χ0n) is 21.6. The number of rotatable bonds is 6. The highest BCUT2D eigenvalue weighted by Gasteiger charge is 2.39. The third-order valence-corrected chi connectivity index (χ3v) is 6.65. The van der Waals surface area contributed by atoms with Crippen LogP contribution in [0.15, 0.2) is 24.3 Å². The van der Waals surface area contributed by atoms with Crippen LogP contribution >= 0.6 is 11.6 Å². The van der Waals surface area contributed by atoms with Crippen molar-refractivity contribution >= 4 is 35.4 Å². The number of H-pyrrole nitrogens is 1. The normalized spacial score (nSPS) is 20.8. The highest BCUT2D eigenvalue weighted by Crippen LogP contribution is 2.27. The molecule has 0 bridgehead atoms. The Morgan fingerprint density at radius 1 is 1.26 bits per heavy atom. The van der Waals surface area contributed by atoms with Gasteiger partial charge in [-0.15, -0.1) is 5.10 Å². The summed E-state index contributed by atoms with van der Waals surface area (Å²) < 4.78 is 37.8. The number of aromatic amines is 1. The number of hydrogen-bond donors (Lipinski definition) is 4. The number of carbonyl (C=O) groups excluding carboxylic acids is 1. The predicted molar refractivity (Wildman–Crippen MR) is 138 cm³/mol. The topological polar surface area (TPSA) is 150 Å². The number of ether oxygens (including phenoxy) is 1. The van der Waals surface area contributed by atoms with E-state index in [-0.39, 0.29) is 18.0 Å². The van der Waals surface area contributed by atoms with E-state index in [9.17, 15) is 18.0 Å². The smallest absolute Gasteiger partial charge is 0.475 e. The van der Waals surface area contributed by atoms with Gasteiger partial charge in [0.15, 0.2) is 0 Å². The molecule has 2 unspecified atom stereocenters. The lowest BCUT2D eigenvalue weighted by atomic mass is 9.96. The summed E-state index contributed by atoms with van der Waals surface area (Å²) in [6.45, 7) is 6.73. The van der Waals surface area contributed by atoms with Crippen LogP contribution in [0, 0.1) is 0 Å². The minimum absolute atomic E-state index is 0.0384. The maximum absolute atomic E-state index is 12.7. The lowest BCUT2D eigenvalue weighted by molar-refractivity contribution is -0.192. The number of aliphatic carboxylic acids is 1. The SMILES string of the molecule is CC(C)NC(=O)C1CN(C2CCN(c3n[nH]c(N)n3)CC2)C(Cc2ccc(Cl)cc2)CO1.O=C(O)C(F)(F)F. The summed E-state index contributed by atoms with van der Waals surface area (Å²) in [4.78, 5) is 30.4. The second-order valence-corrected chi connectivity index (χ2v) is 10.1. The van der Waals surface area contributed by atoms with Gasteiger partial charge in [0.25, 0.3) is 5.91 Å². The average Bonchev–Trinajstić information content (AvgIpc) is 3.31. The van der Waals surface area contributed by atoms with Crippen molar-refractivity contribution in [3.05, 3.63) is 34.9 Å². The van der Waals surface area contributed by atoms with Gasteiger partial charge in [0, 0.05) is 42.8 Å². The van der Waals surface area contributed by atoms with E-state index in [1.807, 2.05) is 26.0 Å². The molecule has 2 atom stereocenters. The highest BCUT2D eigenvalue weighted by atomic mass is 35.5. The monoisotopic (exact) mass is 575 g/mol. The van der Waals surface area contributed by atoms with Gasteiger partial charge in [-0.1, -0.05) is 23.7 Å². The quantitative estimate of drug-likeness (QED) is 0.407. The fraction of sp³-hybridized carbons (Fsp3) is 0.583. The highest BCUT2D eigenvalue weighted by molar-refractivity contribution is 6.30. The fourth-order valence-electron chi connectivity index (χ4n) is 4.57. The summed E-state index contributed by atoms with van der Waals surface area (Å²) >= 11 is 6.06. The van der Waals surface area contributed by atoms with Crippen LogP contribution in [-0.2, 0) is 20.7 Å². The molecule has 39 heavy (non-hydrogen) atoms. The van der Waals surface area contributed by atoms with Gasteiger partial charge in [0.1, 0.15) is 6.10 Å². The van der Waals surface area contributed by atoms with Crippen LogP contribution in [0.1, 0.15) is 32.3 Å². The molecule has 216 valence electrons. The molecular formula is C24H33ClF3N7O4. The average molecular weight is 576 g/mol. The Labute approximate surface area is 228 Å². The summed E-state index contributed by atoms with van der Waals surface area (Å²) in [6, 6.07) is 8.62. The number of piperidine rings is 1. The molecule has 0 spiro atoms. The lowest BCUT2D eigenvalue weighted by Gasteiger charge is -2.46. The summed E-state index contributed by atoms with van der Waals surface area (Å²) in [7, 11) is 0. The zero-order valence-corrected chi connectivity index (χ0v) is 22.4. The van der Waals surface area contributed by atoms with Crippen LogP contribution < -0.4 is 16.0 Å². The van der Waals surface area contributed by atoms with E-state index in [1.54, 1.807) is 0 Å². The molecule has 3 heterocycles. The van der Waals surface area contributed by atoms with E-state index in [4.69, 9.17) is 32.0 Å². The molecule has 5 N–H and O–H groups in total. The Hall–Kier alpha value is -3.10. The fourth-order valence-corrected chi connectivity index (χ4v) is 4.70. The maximum Gasteiger partial charge on any atom is 0.490 e. The third-order valence-electron chi connectivity index (χ3n) is 6.39. The molecule has 0 saturated carbocycles. The van der Waals surface area contributed by atoms with Crippen LogP contribution in [0.4, 0.5) is 25.1 Å². The van der Waals surface area contributed by atoms with E-state index in [0.29, 0.717) is 31.1 Å². The molecule has 4 rings (SSSR count). The molecule has 15 heteroatoms. The predicted octanol–water partition coefficient (Wildman–Crippen LogP) is 2.48. The standard InChI is InChI=1S/C22H32ClN7O2.C2HF3O2/c1-14(2)25-20(31)19-12-30(18(13-32-19)11-15-3-5-16(23)6-4-15)17-7-9-29(10-8-17)22-26-21(24)27-28-22;3-2(4,5)1(6)7/h3-6,14,17-19H,7-13H2,1-2H3,(H,25,31)(H3,24,26,27,28);(H,6,7). The molecule has 2 fully saturated rings. The number of morpholine rings is 1. The van der Waals surface area contributed by atoms with E-state index in [0.717, 1.165) is 37.4 Å². The molecule has 2 aliphatic rings. The van der Waals surface area contributed by atoms with E-state index >= 15 is 0 Å². The molecule has 0 radical (unpaired) electrons. The second-order valence-electron chi connectivity index (χ2n) is 9.71. The lowest BCUT2D eigenvalue weighted by Crippen LogP contribution is -2.60. The number of nitrogens with one attached hydrogen (secondary N) is 2. The number of alkyl halides is 3. The number of carboxylic acids is 1. The Morgan fingerprint density at radius 2 is 1.87 bits per heavy atom. The number of nitrogens with zero attached hydrogens (tertiary/aromatic N) is 4. The Kier molecular flexibility index (Phi) is 10.4. The second kappa shape index (κ2) is 13.3. The number of anilines is 2. The van der Waals surface area contributed by atoms with Gasteiger partial charge in [0.05, 0.1) is 6.61 Å². The van der Waals surface area contributed by atoms with Gasteiger partial charge in [-0.05, 0) is 50.8 Å². The number of aromatic nitrogens is 3. The van der Waals surface area contributed by atoms with Crippen molar-refractivity contribution in [2.24, 2.45) is 0 Å². The maximum atomic E-state index is 12.7. The first-order valence-electron chi connectivity index (χ1n) is 12.5. The molecule has 11 nitrogen and oxygen atoms in total. The van der Waals surface area contributed by atoms with E-state index in [1.165, 1.54) is 5.56 Å². The molecule has 2 saturated heterocycles. The molecule has 0 aliphatic carbocycles. The molecule has 2 aromatic rings. The van der Waals surface area contributed by atoms with Gasteiger partial charge >= 0.3 is 12.1 Å². The Balaban J connectivity index is 0.000000532. The van der Waals surface area contributed by atoms with Crippen LogP contribution in [0.2, 0.25) is 5.02 Å². The molecule has 2 aliphatic heterocycles. The first-order chi connectivity index (χ1) is 18.3. The molecule has 1 aromatic carbocycles. The number of carboxylic acid groups (broad SMARTS) is 1. The Morgan fingerprint density at radius 3 is 2.38 bits per heavy atom. The van der Waals surface area contributed by atoms with Gasteiger partial charge < -0.3 is 25.8 Å². The van der Waals surface area contributed by atoms with E-state index < -0.39 is 18.2 Å². The van der Waals surface area contributed by atoms with E-state index in [2.05, 4.69) is 42.4 Å². The minimum Gasteiger partial charge on any atom is -0.475 e. The zero-order chi connectivity index (χ0) is 28.7. The van der Waals surface area contributed by atoms with Crippen LogP contribution in [0.25, 0.3) is 0 Å². The van der Waals surface area contributed by atoms with Gasteiger partial charge in [0.2, 0.25) is 11.9 Å². The molecule has 1 aromatic heterocycles. The summed E-state index contributed by atoms with van der Waals surface area (Å²) in [5.74, 6) is -1.82. The number of amides is 1. The van der Waals surface area contributed by atoms with Crippen molar-refractivity contribution in [1.82, 2.24) is 25.4 Å². The Bertz CT molecular complexity index is 1090. The van der Waals surface area contributed by atoms with Crippen molar-refractivity contribution in [3.63, 3.8) is 0 Å². The number of nitrogens with two attached hydrogens (primary N) is 1. The summed E-state index contributed by atoms with van der Waals surface area (Å²) in [5, 5.41) is 17.7. The van der Waals surface area contributed by atoms with Crippen LogP contribution in [0.3, 0.4) is 0 Å². The van der Waals surface area contributed by atoms with Crippen molar-refractivity contribution in [2.75, 3.05) is 36.9 Å². The number of benzene rings is 1. The van der Waals surface area contributed by atoms with Gasteiger partial charge in [-0.3, -0.25) is 9.69 Å². The van der Waals surface area contributed by atoms with Gasteiger partial charge in [-0.25, -0.2) is 9.89 Å². The third kappa shape index (κ3) is 8.97. The van der Waals surface area contributed by atoms with Crippen molar-refractivity contribution in [2.45, 2.75) is 63.5 Å². The summed E-state index contributed by atoms with van der Waals surface area (Å²) in [6.07, 6.45) is -2.76. The minimum atomic E-state index is -5.08. The van der Waals surface area contributed by atoms with Gasteiger partial charge in [-0.2, -0.15) is 18.2 Å². The summed E-state index contributed by atoms with van der Waals surface area (Å²) in [5.41, 5.74) is 6.90. The molecular weight excluding hydrogens is 543 g/mol. The number of nitrogen functional groups attached to an aromatic ring is 1. The van der Waals surface area contributed by atoms with Crippen LogP contribution in [0.5, 0.6) is 0 Å². The largest absolute Gasteiger partial charge is 0.490 e.